The Morgan fingerprint density at radius 2 is 1.20 bits per heavy atom. The Morgan fingerprint density at radius 3 is 1.80 bits per heavy atom. The first-order chi connectivity index (χ1) is 19.3. The van der Waals surface area contributed by atoms with Crippen molar-refractivity contribution in [2.24, 2.45) is 0 Å². The van der Waals surface area contributed by atoms with E-state index in [1.165, 1.54) is 13.0 Å². The van der Waals surface area contributed by atoms with Gasteiger partial charge in [0.1, 0.15) is 5.56 Å². The maximum atomic E-state index is 14.7. The molecule has 0 saturated heterocycles. The first kappa shape index (κ1) is 32.0. The zero-order valence-electron chi connectivity index (χ0n) is 22.1. The summed E-state index contributed by atoms with van der Waals surface area (Å²) in [5, 5.41) is 0. The molecule has 0 aliphatic rings. The predicted octanol–water partition coefficient (Wildman–Crippen LogP) is 9.34. The van der Waals surface area contributed by atoms with E-state index in [2.05, 4.69) is 4.74 Å². The molecule has 0 heterocycles. The van der Waals surface area contributed by atoms with Gasteiger partial charge in [0.2, 0.25) is 11.6 Å². The molecule has 0 bridgehead atoms. The standard InChI is InChI=1S/C29H27F9O3/c1-3-4-5-6-14-39-22-11-12-23(27(34)26(22)33)40-15-13-28(35,36)18-8-9-19(25(32)24(18)31)29(37,38)41-21-10-7-17(2)16-20(21)30/h7-12,16H,3-6,13-15H2,1-2H3. The fourth-order valence-electron chi connectivity index (χ4n) is 3.81. The van der Waals surface area contributed by atoms with E-state index in [0.717, 1.165) is 43.5 Å². The second kappa shape index (κ2) is 13.4. The molecule has 0 fully saturated rings. The SMILES string of the molecule is CCCCCCOc1ccc(OCCC(F)(F)c2ccc(C(F)(F)Oc3ccc(C)cc3F)c(F)c2F)c(F)c1F. The molecule has 3 rings (SSSR count). The first-order valence-electron chi connectivity index (χ1n) is 12.7. The van der Waals surface area contributed by atoms with Crippen LogP contribution in [-0.2, 0) is 12.0 Å². The molecular formula is C29H27F9O3. The van der Waals surface area contributed by atoms with Crippen LogP contribution in [0.3, 0.4) is 0 Å². The van der Waals surface area contributed by atoms with E-state index in [0.29, 0.717) is 12.0 Å². The van der Waals surface area contributed by atoms with Gasteiger partial charge >= 0.3 is 6.11 Å². The quantitative estimate of drug-likeness (QED) is 0.138. The largest absolute Gasteiger partial charge is 0.490 e. The molecule has 0 amide bonds. The number of rotatable bonds is 14. The Morgan fingerprint density at radius 1 is 0.634 bits per heavy atom. The van der Waals surface area contributed by atoms with E-state index in [-0.39, 0.29) is 24.5 Å². The van der Waals surface area contributed by atoms with Crippen molar-refractivity contribution in [2.45, 2.75) is 58.0 Å². The molecule has 0 radical (unpaired) electrons. The molecule has 3 aromatic carbocycles. The second-order valence-corrected chi connectivity index (χ2v) is 9.24. The average molecular weight is 595 g/mol. The van der Waals surface area contributed by atoms with Crippen molar-refractivity contribution in [1.82, 2.24) is 0 Å². The van der Waals surface area contributed by atoms with Crippen molar-refractivity contribution < 1.29 is 53.7 Å². The number of unbranched alkanes of at least 4 members (excludes halogenated alkanes) is 3. The first-order valence-corrected chi connectivity index (χ1v) is 12.7. The van der Waals surface area contributed by atoms with Crippen LogP contribution in [0.15, 0.2) is 42.5 Å². The molecule has 0 spiro atoms. The van der Waals surface area contributed by atoms with Crippen molar-refractivity contribution >= 4 is 0 Å². The van der Waals surface area contributed by atoms with Crippen LogP contribution in [-0.4, -0.2) is 13.2 Å². The Bertz CT molecular complexity index is 1350. The number of hydrogen-bond donors (Lipinski definition) is 0. The maximum Gasteiger partial charge on any atom is 0.429 e. The molecule has 3 nitrogen and oxygen atoms in total. The van der Waals surface area contributed by atoms with Crippen molar-refractivity contribution in [3.63, 3.8) is 0 Å². The highest BCUT2D eigenvalue weighted by Gasteiger charge is 2.43. The lowest BCUT2D eigenvalue weighted by molar-refractivity contribution is -0.189. The van der Waals surface area contributed by atoms with Gasteiger partial charge < -0.3 is 14.2 Å². The number of aryl methyl sites for hydroxylation is 1. The highest BCUT2D eigenvalue weighted by Crippen LogP contribution is 2.40. The van der Waals surface area contributed by atoms with Gasteiger partial charge in [0.05, 0.1) is 25.2 Å². The third kappa shape index (κ3) is 7.80. The third-order valence-electron chi connectivity index (χ3n) is 6.06. The minimum atomic E-state index is -4.62. The van der Waals surface area contributed by atoms with E-state index >= 15 is 0 Å². The average Bonchev–Trinajstić information content (AvgIpc) is 2.90. The van der Waals surface area contributed by atoms with Gasteiger partial charge in [-0.25, -0.2) is 22.0 Å². The highest BCUT2D eigenvalue weighted by atomic mass is 19.3. The van der Waals surface area contributed by atoms with E-state index in [1.54, 1.807) is 0 Å². The van der Waals surface area contributed by atoms with Crippen molar-refractivity contribution in [1.29, 1.82) is 0 Å². The molecule has 3 aromatic rings. The van der Waals surface area contributed by atoms with Gasteiger partial charge in [-0.2, -0.15) is 17.6 Å². The van der Waals surface area contributed by atoms with Gasteiger partial charge in [0.15, 0.2) is 34.7 Å². The molecule has 224 valence electrons. The van der Waals surface area contributed by atoms with Crippen LogP contribution < -0.4 is 14.2 Å². The topological polar surface area (TPSA) is 27.7 Å². The Kier molecular flexibility index (Phi) is 10.4. The second-order valence-electron chi connectivity index (χ2n) is 9.24. The molecule has 0 saturated carbocycles. The van der Waals surface area contributed by atoms with E-state index in [4.69, 9.17) is 9.47 Å². The molecule has 0 atom stereocenters. The monoisotopic (exact) mass is 594 g/mol. The van der Waals surface area contributed by atoms with Crippen LogP contribution in [0, 0.1) is 36.0 Å². The minimum Gasteiger partial charge on any atom is -0.490 e. The number of benzene rings is 3. The molecule has 12 heteroatoms. The number of hydrogen-bond acceptors (Lipinski definition) is 3. The van der Waals surface area contributed by atoms with Gasteiger partial charge in [-0.1, -0.05) is 32.3 Å². The minimum absolute atomic E-state index is 0.143. The molecule has 0 aliphatic carbocycles. The fraction of sp³-hybridized carbons (Fsp3) is 0.379. The lowest BCUT2D eigenvalue weighted by Gasteiger charge is -2.22. The third-order valence-corrected chi connectivity index (χ3v) is 6.06. The molecular weight excluding hydrogens is 567 g/mol. The lowest BCUT2D eigenvalue weighted by Crippen LogP contribution is -2.26. The molecule has 0 N–H and O–H groups in total. The zero-order chi connectivity index (χ0) is 30.4. The molecule has 0 aromatic heterocycles. The van der Waals surface area contributed by atoms with Crippen molar-refractivity contribution in [2.75, 3.05) is 13.2 Å². The number of ether oxygens (including phenoxy) is 3. The highest BCUT2D eigenvalue weighted by molar-refractivity contribution is 5.36. The van der Waals surface area contributed by atoms with Gasteiger partial charge in [-0.3, -0.25) is 0 Å². The number of halogens is 9. The summed E-state index contributed by atoms with van der Waals surface area (Å²) in [6.45, 7) is 2.64. The van der Waals surface area contributed by atoms with Crippen LogP contribution >= 0.6 is 0 Å². The Labute approximate surface area is 230 Å². The zero-order valence-corrected chi connectivity index (χ0v) is 22.1. The predicted molar refractivity (Wildman–Crippen MR) is 132 cm³/mol. The maximum absolute atomic E-state index is 14.7. The van der Waals surface area contributed by atoms with Gasteiger partial charge in [0.25, 0.3) is 5.92 Å². The van der Waals surface area contributed by atoms with Crippen LogP contribution in [0.2, 0.25) is 0 Å². The van der Waals surface area contributed by atoms with Gasteiger partial charge in [-0.15, -0.1) is 0 Å². The molecule has 41 heavy (non-hydrogen) atoms. The van der Waals surface area contributed by atoms with Crippen molar-refractivity contribution in [3.8, 4) is 17.2 Å². The van der Waals surface area contributed by atoms with Crippen molar-refractivity contribution in [3.05, 3.63) is 88.2 Å². The summed E-state index contributed by atoms with van der Waals surface area (Å²) >= 11 is 0. The number of alkyl halides is 4. The summed E-state index contributed by atoms with van der Waals surface area (Å²) in [5.41, 5.74) is -2.95. The van der Waals surface area contributed by atoms with Crippen LogP contribution in [0.5, 0.6) is 17.2 Å². The summed E-state index contributed by atoms with van der Waals surface area (Å²) in [6.07, 6.45) is -2.58. The van der Waals surface area contributed by atoms with Crippen LogP contribution in [0.4, 0.5) is 39.5 Å². The van der Waals surface area contributed by atoms with E-state index < -0.39 is 76.8 Å². The normalized spacial score (nSPS) is 12.0. The molecule has 0 aliphatic heterocycles. The van der Waals surface area contributed by atoms with E-state index in [9.17, 15) is 39.5 Å². The summed E-state index contributed by atoms with van der Waals surface area (Å²) in [4.78, 5) is 0. The van der Waals surface area contributed by atoms with E-state index in [1.807, 2.05) is 6.92 Å². The summed E-state index contributed by atoms with van der Waals surface area (Å²) < 4.78 is 144. The summed E-state index contributed by atoms with van der Waals surface area (Å²) in [6, 6.07) is 5.38. The Balaban J connectivity index is 1.68. The van der Waals surface area contributed by atoms with Crippen LogP contribution in [0.25, 0.3) is 0 Å². The Hall–Kier alpha value is -3.57. The lowest BCUT2D eigenvalue weighted by atomic mass is 10.0. The smallest absolute Gasteiger partial charge is 0.429 e. The summed E-state index contributed by atoms with van der Waals surface area (Å²) in [7, 11) is 0. The van der Waals surface area contributed by atoms with Gasteiger partial charge in [-0.05, 0) is 55.3 Å². The molecule has 0 unspecified atom stereocenters. The van der Waals surface area contributed by atoms with Gasteiger partial charge in [0, 0.05) is 0 Å². The fourth-order valence-corrected chi connectivity index (χ4v) is 3.81. The summed E-state index contributed by atoms with van der Waals surface area (Å²) in [5.74, 6) is -15.0. The van der Waals surface area contributed by atoms with Crippen LogP contribution in [0.1, 0.15) is 55.7 Å².